The van der Waals surface area contributed by atoms with E-state index in [1.54, 1.807) is 13.8 Å². The van der Waals surface area contributed by atoms with Gasteiger partial charge in [-0.15, -0.1) is 0 Å². The standard InChI is InChI=1S/C13H21N3O3S/c1-9-13(10(2)19-14-9)20(17,18)15-11-6-8-16-7-4-3-5-12(11)16/h11-12,15H,3-8H2,1-2H3/t11-,12-/m1/s1. The number of nitrogens with one attached hydrogen (secondary N) is 1. The minimum Gasteiger partial charge on any atom is -0.360 e. The molecule has 0 saturated carbocycles. The van der Waals surface area contributed by atoms with Gasteiger partial charge < -0.3 is 4.52 Å². The van der Waals surface area contributed by atoms with Crippen LogP contribution in [0.15, 0.2) is 9.42 Å². The van der Waals surface area contributed by atoms with Crippen LogP contribution in [-0.2, 0) is 10.0 Å². The van der Waals surface area contributed by atoms with E-state index < -0.39 is 10.0 Å². The fourth-order valence-corrected chi connectivity index (χ4v) is 5.13. The van der Waals surface area contributed by atoms with Gasteiger partial charge >= 0.3 is 0 Å². The first kappa shape index (κ1) is 14.0. The Kier molecular flexibility index (Phi) is 3.60. The molecule has 20 heavy (non-hydrogen) atoms. The van der Waals surface area contributed by atoms with Crippen molar-refractivity contribution in [2.75, 3.05) is 13.1 Å². The van der Waals surface area contributed by atoms with Crippen LogP contribution in [0.3, 0.4) is 0 Å². The van der Waals surface area contributed by atoms with Crippen LogP contribution in [0.25, 0.3) is 0 Å². The monoisotopic (exact) mass is 299 g/mol. The van der Waals surface area contributed by atoms with Gasteiger partial charge in [0, 0.05) is 18.6 Å². The second-order valence-corrected chi connectivity index (χ2v) is 7.42. The van der Waals surface area contributed by atoms with Gasteiger partial charge in [0.2, 0.25) is 10.0 Å². The largest absolute Gasteiger partial charge is 0.360 e. The van der Waals surface area contributed by atoms with E-state index in [4.69, 9.17) is 4.52 Å². The maximum atomic E-state index is 12.5. The van der Waals surface area contributed by atoms with E-state index in [-0.39, 0.29) is 10.9 Å². The van der Waals surface area contributed by atoms with Crippen molar-refractivity contribution < 1.29 is 12.9 Å². The molecule has 7 heteroatoms. The lowest BCUT2D eigenvalue weighted by Crippen LogP contribution is -2.46. The number of sulfonamides is 1. The summed E-state index contributed by atoms with van der Waals surface area (Å²) >= 11 is 0. The molecule has 3 rings (SSSR count). The van der Waals surface area contributed by atoms with Crippen molar-refractivity contribution in [2.24, 2.45) is 0 Å². The number of nitrogens with zero attached hydrogens (tertiary/aromatic N) is 2. The summed E-state index contributed by atoms with van der Waals surface area (Å²) in [5.74, 6) is 0.355. The summed E-state index contributed by atoms with van der Waals surface area (Å²) in [5.41, 5.74) is 0.425. The molecule has 1 aromatic heterocycles. The molecule has 2 aliphatic rings. The number of hydrogen-bond acceptors (Lipinski definition) is 5. The van der Waals surface area contributed by atoms with Crippen LogP contribution in [0.4, 0.5) is 0 Å². The molecule has 1 aromatic rings. The Morgan fingerprint density at radius 1 is 1.25 bits per heavy atom. The fraction of sp³-hybridized carbons (Fsp3) is 0.769. The van der Waals surface area contributed by atoms with Crippen LogP contribution >= 0.6 is 0 Å². The van der Waals surface area contributed by atoms with E-state index in [2.05, 4.69) is 14.8 Å². The SMILES string of the molecule is Cc1noc(C)c1S(=O)(=O)N[C@@H]1CCN2CCCC[C@H]12. The molecular formula is C13H21N3O3S. The Morgan fingerprint density at radius 3 is 2.75 bits per heavy atom. The van der Waals surface area contributed by atoms with Gasteiger partial charge in [-0.2, -0.15) is 0 Å². The molecule has 0 spiro atoms. The van der Waals surface area contributed by atoms with Gasteiger partial charge in [0.15, 0.2) is 5.76 Å². The predicted molar refractivity (Wildman–Crippen MR) is 73.9 cm³/mol. The van der Waals surface area contributed by atoms with Crippen molar-refractivity contribution in [2.45, 2.75) is 56.5 Å². The first-order valence-electron chi connectivity index (χ1n) is 7.18. The summed E-state index contributed by atoms with van der Waals surface area (Å²) in [6, 6.07) is 0.355. The van der Waals surface area contributed by atoms with Crippen LogP contribution < -0.4 is 4.72 Å². The molecule has 2 saturated heterocycles. The first-order valence-corrected chi connectivity index (χ1v) is 8.66. The summed E-state index contributed by atoms with van der Waals surface area (Å²) < 4.78 is 32.9. The van der Waals surface area contributed by atoms with E-state index in [9.17, 15) is 8.42 Å². The number of aryl methyl sites for hydroxylation is 2. The van der Waals surface area contributed by atoms with Gasteiger partial charge in [-0.1, -0.05) is 11.6 Å². The summed E-state index contributed by atoms with van der Waals surface area (Å²) in [4.78, 5) is 2.61. The summed E-state index contributed by atoms with van der Waals surface area (Å²) in [7, 11) is -3.55. The Bertz CT molecular complexity index is 577. The molecule has 112 valence electrons. The second-order valence-electron chi connectivity index (χ2n) is 5.77. The van der Waals surface area contributed by atoms with Crippen LogP contribution in [-0.4, -0.2) is 43.6 Å². The summed E-state index contributed by atoms with van der Waals surface area (Å²) in [6.07, 6.45) is 4.37. The molecule has 6 nitrogen and oxygen atoms in total. The van der Waals surface area contributed by atoms with Crippen molar-refractivity contribution in [1.29, 1.82) is 0 Å². The van der Waals surface area contributed by atoms with Crippen LogP contribution in [0, 0.1) is 13.8 Å². The number of rotatable bonds is 3. The second kappa shape index (κ2) is 5.13. The lowest BCUT2D eigenvalue weighted by atomic mass is 10.00. The van der Waals surface area contributed by atoms with E-state index in [0.29, 0.717) is 17.5 Å². The van der Waals surface area contributed by atoms with Crippen molar-refractivity contribution >= 4 is 10.0 Å². The molecular weight excluding hydrogens is 278 g/mol. The van der Waals surface area contributed by atoms with Crippen molar-refractivity contribution in [3.63, 3.8) is 0 Å². The van der Waals surface area contributed by atoms with Gasteiger partial charge in [0.05, 0.1) is 0 Å². The third kappa shape index (κ3) is 2.38. The zero-order valence-corrected chi connectivity index (χ0v) is 12.7. The van der Waals surface area contributed by atoms with Crippen molar-refractivity contribution in [1.82, 2.24) is 14.8 Å². The van der Waals surface area contributed by atoms with E-state index in [0.717, 1.165) is 25.9 Å². The van der Waals surface area contributed by atoms with E-state index >= 15 is 0 Å². The Labute approximate surface area is 119 Å². The molecule has 0 unspecified atom stereocenters. The quantitative estimate of drug-likeness (QED) is 0.907. The maximum absolute atomic E-state index is 12.5. The highest BCUT2D eigenvalue weighted by Gasteiger charge is 2.38. The number of aromatic nitrogens is 1. The highest BCUT2D eigenvalue weighted by atomic mass is 32.2. The maximum Gasteiger partial charge on any atom is 0.246 e. The van der Waals surface area contributed by atoms with Crippen molar-refractivity contribution in [3.05, 3.63) is 11.5 Å². The number of piperidine rings is 1. The van der Waals surface area contributed by atoms with Crippen molar-refractivity contribution in [3.8, 4) is 0 Å². The van der Waals surface area contributed by atoms with Gasteiger partial charge in [0.25, 0.3) is 0 Å². The smallest absolute Gasteiger partial charge is 0.246 e. The topological polar surface area (TPSA) is 75.4 Å². The summed E-state index contributed by atoms with van der Waals surface area (Å²) in [5, 5.41) is 3.73. The van der Waals surface area contributed by atoms with E-state index in [1.807, 2.05) is 0 Å². The molecule has 2 atom stereocenters. The molecule has 1 N–H and O–H groups in total. The highest BCUT2D eigenvalue weighted by Crippen LogP contribution is 2.29. The average Bonchev–Trinajstić information content (AvgIpc) is 2.94. The first-order chi connectivity index (χ1) is 9.49. The molecule has 0 bridgehead atoms. The highest BCUT2D eigenvalue weighted by molar-refractivity contribution is 7.89. The lowest BCUT2D eigenvalue weighted by Gasteiger charge is -2.32. The Balaban J connectivity index is 1.80. The van der Waals surface area contributed by atoms with Gasteiger partial charge in [0.1, 0.15) is 10.6 Å². The molecule has 2 aliphatic heterocycles. The van der Waals surface area contributed by atoms with Gasteiger partial charge in [-0.3, -0.25) is 4.90 Å². The fourth-order valence-electron chi connectivity index (χ4n) is 3.50. The Morgan fingerprint density at radius 2 is 2.05 bits per heavy atom. The minimum atomic E-state index is -3.55. The third-order valence-corrected chi connectivity index (χ3v) is 6.13. The molecule has 0 amide bonds. The van der Waals surface area contributed by atoms with Gasteiger partial charge in [-0.05, 0) is 39.7 Å². The zero-order chi connectivity index (χ0) is 14.3. The predicted octanol–water partition coefficient (Wildman–Crippen LogP) is 1.20. The van der Waals surface area contributed by atoms with E-state index in [1.165, 1.54) is 12.8 Å². The number of hydrogen-bond donors (Lipinski definition) is 1. The van der Waals surface area contributed by atoms with Crippen LogP contribution in [0.1, 0.15) is 37.1 Å². The van der Waals surface area contributed by atoms with Crippen LogP contribution in [0.5, 0.6) is 0 Å². The van der Waals surface area contributed by atoms with Gasteiger partial charge in [-0.25, -0.2) is 13.1 Å². The summed E-state index contributed by atoms with van der Waals surface area (Å²) in [6.45, 7) is 5.37. The average molecular weight is 299 g/mol. The molecule has 0 radical (unpaired) electrons. The molecule has 2 fully saturated rings. The zero-order valence-electron chi connectivity index (χ0n) is 11.9. The normalized spacial score (nSPS) is 27.7. The van der Waals surface area contributed by atoms with Crippen LogP contribution in [0.2, 0.25) is 0 Å². The molecule has 3 heterocycles. The number of fused-ring (bicyclic) bond motifs is 1. The molecule has 0 aliphatic carbocycles. The Hall–Kier alpha value is -0.920. The third-order valence-electron chi connectivity index (χ3n) is 4.40. The lowest BCUT2D eigenvalue weighted by molar-refractivity contribution is 0.186. The molecule has 0 aromatic carbocycles. The minimum absolute atomic E-state index is 0.00833.